The lowest BCUT2D eigenvalue weighted by Gasteiger charge is -2.10. The van der Waals surface area contributed by atoms with Crippen LogP contribution >= 0.6 is 34.0 Å². The number of hydrogen-bond donors (Lipinski definition) is 0. The Morgan fingerprint density at radius 1 is 0.354 bits per heavy atom. The van der Waals surface area contributed by atoms with E-state index >= 15 is 0 Å². The summed E-state index contributed by atoms with van der Waals surface area (Å²) in [6.45, 7) is 4.58. The monoisotopic (exact) mass is 920 g/mol. The van der Waals surface area contributed by atoms with Crippen molar-refractivity contribution in [2.75, 3.05) is 0 Å². The molecule has 0 N–H and O–H groups in total. The molecule has 0 aliphatic carbocycles. The molecule has 0 amide bonds. The number of furan rings is 2. The van der Waals surface area contributed by atoms with Gasteiger partial charge < -0.3 is 8.83 Å². The maximum Gasteiger partial charge on any atom is 0.147 e. The fourth-order valence-electron chi connectivity index (χ4n) is 8.93. The Morgan fingerprint density at radius 3 is 1.09 bits per heavy atom. The van der Waals surface area contributed by atoms with Crippen molar-refractivity contribution in [1.82, 2.24) is 9.97 Å². The summed E-state index contributed by atoms with van der Waals surface area (Å²) in [6, 6.07) is 38.3. The van der Waals surface area contributed by atoms with Crippen molar-refractivity contribution in [2.45, 2.75) is 155 Å². The lowest BCUT2D eigenvalue weighted by atomic mass is 10.0. The number of unbranched alkanes of at least 4 members (excludes halogenated alkanes) is 18. The topological polar surface area (TPSA) is 52.1 Å². The van der Waals surface area contributed by atoms with Crippen LogP contribution in [0.1, 0.15) is 152 Å². The van der Waals surface area contributed by atoms with Crippen LogP contribution in [-0.2, 0) is 12.8 Å². The second-order valence-corrected chi connectivity index (χ2v) is 21.2. The summed E-state index contributed by atoms with van der Waals surface area (Å²) in [6.07, 6.45) is 29.4. The second kappa shape index (κ2) is 24.8. The van der Waals surface area contributed by atoms with Crippen molar-refractivity contribution < 1.29 is 8.83 Å². The van der Waals surface area contributed by atoms with Gasteiger partial charge in [-0.2, -0.15) is 0 Å². The molecule has 0 fully saturated rings. The van der Waals surface area contributed by atoms with Gasteiger partial charge >= 0.3 is 0 Å². The molecule has 2 aromatic carbocycles. The fourth-order valence-corrected chi connectivity index (χ4v) is 12.1. The molecule has 6 aromatic heterocycles. The SMILES string of the molecule is CCCCCCCCCCCCc1ccc(-c2ccc(-c3sc(-c4ccc(-c5ccc(CCCCCCCCCCCC)s5)o4)c4nc(-c5ccccc5)c(-c5ccccc5)nc34)o2)s1. The molecule has 0 bridgehead atoms. The van der Waals surface area contributed by atoms with Gasteiger partial charge in [0, 0.05) is 20.9 Å². The molecule has 340 valence electrons. The number of thiophene rings is 3. The number of aryl methyl sites for hydroxylation is 2. The largest absolute Gasteiger partial charge is 0.454 e. The van der Waals surface area contributed by atoms with E-state index in [4.69, 9.17) is 18.8 Å². The van der Waals surface area contributed by atoms with Crippen molar-refractivity contribution in [1.29, 1.82) is 0 Å². The normalized spacial score (nSPS) is 11.7. The third kappa shape index (κ3) is 12.9. The van der Waals surface area contributed by atoms with Gasteiger partial charge in [0.2, 0.25) is 0 Å². The summed E-state index contributed by atoms with van der Waals surface area (Å²) in [5.41, 5.74) is 5.41. The molecular weight excluding hydrogens is 853 g/mol. The zero-order chi connectivity index (χ0) is 44.5. The minimum Gasteiger partial charge on any atom is -0.454 e. The van der Waals surface area contributed by atoms with Crippen LogP contribution in [-0.4, -0.2) is 9.97 Å². The number of fused-ring (bicyclic) bond motifs is 1. The third-order valence-corrected chi connectivity index (χ3v) is 16.2. The summed E-state index contributed by atoms with van der Waals surface area (Å²) in [7, 11) is 0. The van der Waals surface area contributed by atoms with Crippen molar-refractivity contribution in [3.05, 3.63) is 119 Å². The van der Waals surface area contributed by atoms with Gasteiger partial charge in [0.1, 0.15) is 34.1 Å². The van der Waals surface area contributed by atoms with E-state index in [0.29, 0.717) is 0 Å². The maximum absolute atomic E-state index is 6.77. The van der Waals surface area contributed by atoms with E-state index in [0.717, 1.165) is 79.2 Å². The summed E-state index contributed by atoms with van der Waals surface area (Å²) >= 11 is 5.37. The third-order valence-electron chi connectivity index (χ3n) is 12.6. The molecule has 6 heterocycles. The Balaban J connectivity index is 1.01. The van der Waals surface area contributed by atoms with Gasteiger partial charge in [-0.3, -0.25) is 0 Å². The maximum atomic E-state index is 6.77. The molecule has 0 saturated heterocycles. The highest BCUT2D eigenvalue weighted by molar-refractivity contribution is 7.20. The predicted molar refractivity (Wildman–Crippen MR) is 281 cm³/mol. The quantitative estimate of drug-likeness (QED) is 0.0459. The molecule has 0 radical (unpaired) electrons. The van der Waals surface area contributed by atoms with Crippen molar-refractivity contribution in [3.63, 3.8) is 0 Å². The van der Waals surface area contributed by atoms with Gasteiger partial charge in [-0.1, -0.05) is 190 Å². The van der Waals surface area contributed by atoms with Gasteiger partial charge in [0.15, 0.2) is 0 Å². The zero-order valence-electron chi connectivity index (χ0n) is 38.9. The average molecular weight is 921 g/mol. The highest BCUT2D eigenvalue weighted by Gasteiger charge is 2.25. The van der Waals surface area contributed by atoms with Gasteiger partial charge in [0.25, 0.3) is 0 Å². The molecule has 0 saturated carbocycles. The van der Waals surface area contributed by atoms with E-state index < -0.39 is 0 Å². The Kier molecular flexibility index (Phi) is 17.9. The minimum atomic E-state index is 0.799. The van der Waals surface area contributed by atoms with Gasteiger partial charge in [-0.05, 0) is 74.2 Å². The smallest absolute Gasteiger partial charge is 0.147 e. The number of rotatable bonds is 28. The van der Waals surface area contributed by atoms with E-state index in [-0.39, 0.29) is 0 Å². The molecule has 65 heavy (non-hydrogen) atoms. The summed E-state index contributed by atoms with van der Waals surface area (Å²) in [5.74, 6) is 3.39. The number of aromatic nitrogens is 2. The fraction of sp³-hybridized carbons (Fsp3) is 0.414. The Morgan fingerprint density at radius 2 is 0.708 bits per heavy atom. The van der Waals surface area contributed by atoms with E-state index in [1.807, 2.05) is 34.8 Å². The molecule has 0 unspecified atom stereocenters. The van der Waals surface area contributed by atoms with Crippen LogP contribution in [0.15, 0.2) is 118 Å². The molecule has 0 aliphatic heterocycles. The second-order valence-electron chi connectivity index (χ2n) is 17.8. The van der Waals surface area contributed by atoms with E-state index in [1.54, 1.807) is 11.3 Å². The van der Waals surface area contributed by atoms with Gasteiger partial charge in [-0.25, -0.2) is 9.97 Å². The van der Waals surface area contributed by atoms with Crippen molar-refractivity contribution >= 4 is 45.0 Å². The first-order valence-corrected chi connectivity index (χ1v) is 27.5. The standard InChI is InChI=1S/C58H68N2O2S3/c1-3-5-7-9-11-13-15-17-19-27-33-45-35-41-51(63-45)47-37-39-49(61-47)57-55-56(60-54(44-31-25-22-26-32-44)53(59-55)43-29-23-21-24-30-43)58(65-57)50-40-38-48(62-50)52-42-36-46(64-52)34-28-20-18-16-14-12-10-8-6-4-2/h21-26,29-32,35-42H,3-20,27-28,33-34H2,1-2H3. The van der Waals surface area contributed by atoms with Crippen LogP contribution in [0.25, 0.3) is 76.1 Å². The predicted octanol–water partition coefficient (Wildman–Crippen LogP) is 19.9. The lowest BCUT2D eigenvalue weighted by molar-refractivity contribution is 0.557. The van der Waals surface area contributed by atoms with Crippen LogP contribution in [0.4, 0.5) is 0 Å². The molecule has 7 heteroatoms. The first-order chi connectivity index (χ1) is 32.2. The van der Waals surface area contributed by atoms with E-state index in [1.165, 1.54) is 148 Å². The average Bonchev–Trinajstić information content (AvgIpc) is 4.21. The van der Waals surface area contributed by atoms with E-state index in [2.05, 4.69) is 111 Å². The zero-order valence-corrected chi connectivity index (χ0v) is 41.3. The molecular formula is C58H68N2O2S3. The van der Waals surface area contributed by atoms with Crippen LogP contribution in [0.2, 0.25) is 0 Å². The lowest BCUT2D eigenvalue weighted by Crippen LogP contribution is -1.95. The van der Waals surface area contributed by atoms with Gasteiger partial charge in [0.05, 0.1) is 30.9 Å². The van der Waals surface area contributed by atoms with Crippen molar-refractivity contribution in [2.24, 2.45) is 0 Å². The van der Waals surface area contributed by atoms with E-state index in [9.17, 15) is 0 Å². The Bertz CT molecular complexity index is 2430. The molecule has 0 spiro atoms. The van der Waals surface area contributed by atoms with Crippen LogP contribution in [0.3, 0.4) is 0 Å². The molecule has 0 atom stereocenters. The molecule has 8 aromatic rings. The van der Waals surface area contributed by atoms with Crippen LogP contribution in [0, 0.1) is 0 Å². The first kappa shape index (κ1) is 47.0. The Labute approximate surface area is 400 Å². The van der Waals surface area contributed by atoms with Crippen molar-refractivity contribution in [3.8, 4) is 65.1 Å². The Hall–Kier alpha value is -4.56. The summed E-state index contributed by atoms with van der Waals surface area (Å²) in [4.78, 5) is 18.1. The molecule has 0 aliphatic rings. The number of benzene rings is 2. The molecule has 4 nitrogen and oxygen atoms in total. The highest BCUT2D eigenvalue weighted by atomic mass is 32.1. The number of hydrogen-bond acceptors (Lipinski definition) is 7. The minimum absolute atomic E-state index is 0.799. The van der Waals surface area contributed by atoms with Crippen LogP contribution in [0.5, 0.6) is 0 Å². The van der Waals surface area contributed by atoms with Crippen LogP contribution < -0.4 is 0 Å². The summed E-state index contributed by atoms with van der Waals surface area (Å²) < 4.78 is 13.5. The summed E-state index contributed by atoms with van der Waals surface area (Å²) in [5, 5.41) is 0. The van der Waals surface area contributed by atoms with Gasteiger partial charge in [-0.15, -0.1) is 34.0 Å². The highest BCUT2D eigenvalue weighted by Crippen LogP contribution is 2.47. The molecule has 8 rings (SSSR count). The first-order valence-electron chi connectivity index (χ1n) is 25.0. The number of nitrogens with zero attached hydrogens (tertiary/aromatic N) is 2.